The molecule has 108 valence electrons. The summed E-state index contributed by atoms with van der Waals surface area (Å²) >= 11 is 0. The first-order valence-electron chi connectivity index (χ1n) is 7.57. The third-order valence-corrected chi connectivity index (χ3v) is 3.72. The van der Waals surface area contributed by atoms with Gasteiger partial charge in [0.1, 0.15) is 0 Å². The van der Waals surface area contributed by atoms with Gasteiger partial charge in [-0.25, -0.2) is 0 Å². The highest BCUT2D eigenvalue weighted by atomic mass is 16.5. The van der Waals surface area contributed by atoms with Gasteiger partial charge in [0.25, 0.3) is 0 Å². The van der Waals surface area contributed by atoms with Gasteiger partial charge in [0.2, 0.25) is 0 Å². The van der Waals surface area contributed by atoms with Crippen molar-refractivity contribution in [3.05, 3.63) is 0 Å². The Labute approximate surface area is 113 Å². The topological polar surface area (TPSA) is 24.5 Å². The average Bonchev–Trinajstić information content (AvgIpc) is 2.54. The van der Waals surface area contributed by atoms with E-state index in [2.05, 4.69) is 37.9 Å². The number of unbranched alkanes of at least 4 members (excludes halogenated alkanes) is 1. The van der Waals surface area contributed by atoms with Crippen LogP contribution in [0.3, 0.4) is 0 Å². The van der Waals surface area contributed by atoms with Crippen LogP contribution in [0.2, 0.25) is 0 Å². The third-order valence-electron chi connectivity index (χ3n) is 3.72. The van der Waals surface area contributed by atoms with Crippen molar-refractivity contribution in [1.29, 1.82) is 0 Å². The molecule has 18 heavy (non-hydrogen) atoms. The van der Waals surface area contributed by atoms with Crippen LogP contribution < -0.4 is 5.32 Å². The summed E-state index contributed by atoms with van der Waals surface area (Å²) in [6, 6.07) is 0.593. The van der Waals surface area contributed by atoms with Gasteiger partial charge in [-0.1, -0.05) is 34.1 Å². The summed E-state index contributed by atoms with van der Waals surface area (Å²) in [6.45, 7) is 15.6. The summed E-state index contributed by atoms with van der Waals surface area (Å²) in [6.07, 6.45) is 3.66. The van der Waals surface area contributed by atoms with E-state index in [0.29, 0.717) is 11.5 Å². The minimum atomic E-state index is 0.339. The summed E-state index contributed by atoms with van der Waals surface area (Å²) in [7, 11) is 0. The van der Waals surface area contributed by atoms with E-state index >= 15 is 0 Å². The molecule has 0 amide bonds. The van der Waals surface area contributed by atoms with E-state index in [1.54, 1.807) is 0 Å². The van der Waals surface area contributed by atoms with Gasteiger partial charge in [0, 0.05) is 25.7 Å². The van der Waals surface area contributed by atoms with Crippen LogP contribution in [0.15, 0.2) is 0 Å². The zero-order chi connectivity index (χ0) is 13.4. The van der Waals surface area contributed by atoms with Gasteiger partial charge >= 0.3 is 0 Å². The molecule has 0 spiro atoms. The Hall–Kier alpha value is -0.120. The molecule has 1 rings (SSSR count). The molecule has 0 bridgehead atoms. The monoisotopic (exact) mass is 256 g/mol. The van der Waals surface area contributed by atoms with Gasteiger partial charge in [-0.05, 0) is 31.3 Å². The summed E-state index contributed by atoms with van der Waals surface area (Å²) in [5.74, 6) is 0. The second-order valence-corrected chi connectivity index (χ2v) is 6.49. The van der Waals surface area contributed by atoms with E-state index < -0.39 is 0 Å². The number of hydrogen-bond donors (Lipinski definition) is 1. The van der Waals surface area contributed by atoms with Crippen molar-refractivity contribution >= 4 is 0 Å². The first-order chi connectivity index (χ1) is 8.54. The molecule has 1 heterocycles. The first-order valence-corrected chi connectivity index (χ1v) is 7.57. The quantitative estimate of drug-likeness (QED) is 0.739. The number of rotatable bonds is 6. The van der Waals surface area contributed by atoms with E-state index in [-0.39, 0.29) is 0 Å². The maximum absolute atomic E-state index is 5.68. The summed E-state index contributed by atoms with van der Waals surface area (Å²) in [4.78, 5) is 2.56. The summed E-state index contributed by atoms with van der Waals surface area (Å²) < 4.78 is 5.68. The van der Waals surface area contributed by atoms with Crippen LogP contribution in [0.25, 0.3) is 0 Å². The van der Waals surface area contributed by atoms with Gasteiger partial charge < -0.3 is 10.1 Å². The minimum absolute atomic E-state index is 0.339. The molecular weight excluding hydrogens is 224 g/mol. The smallest absolute Gasteiger partial charge is 0.0593 e. The Morgan fingerprint density at radius 2 is 2.06 bits per heavy atom. The van der Waals surface area contributed by atoms with Gasteiger partial charge in [0.15, 0.2) is 0 Å². The second kappa shape index (κ2) is 8.13. The fourth-order valence-electron chi connectivity index (χ4n) is 2.32. The highest BCUT2D eigenvalue weighted by Gasteiger charge is 2.27. The molecular formula is C15H32N2O. The number of nitrogens with zero attached hydrogens (tertiary/aromatic N) is 1. The van der Waals surface area contributed by atoms with E-state index in [9.17, 15) is 0 Å². The average molecular weight is 256 g/mol. The lowest BCUT2D eigenvalue weighted by Crippen LogP contribution is -2.46. The van der Waals surface area contributed by atoms with E-state index in [4.69, 9.17) is 4.74 Å². The zero-order valence-electron chi connectivity index (χ0n) is 12.8. The largest absolute Gasteiger partial charge is 0.380 e. The summed E-state index contributed by atoms with van der Waals surface area (Å²) in [5, 5.41) is 3.68. The standard InChI is InChI=1S/C15H32N2O/c1-5-6-11-18-12-10-17-9-7-8-16-14(13-17)15(2,3)4/h14,16H,5-13H2,1-4H3. The van der Waals surface area contributed by atoms with Crippen LogP contribution in [0, 0.1) is 5.41 Å². The predicted octanol–water partition coefficient (Wildman–Crippen LogP) is 2.51. The molecule has 1 atom stereocenters. The highest BCUT2D eigenvalue weighted by Crippen LogP contribution is 2.21. The van der Waals surface area contributed by atoms with Crippen LogP contribution in [0.1, 0.15) is 47.0 Å². The third kappa shape index (κ3) is 6.17. The van der Waals surface area contributed by atoms with Gasteiger partial charge in [0.05, 0.1) is 6.61 Å². The molecule has 3 nitrogen and oxygen atoms in total. The minimum Gasteiger partial charge on any atom is -0.380 e. The molecule has 0 aromatic heterocycles. The van der Waals surface area contributed by atoms with Gasteiger partial charge in [-0.2, -0.15) is 0 Å². The lowest BCUT2D eigenvalue weighted by atomic mass is 9.86. The van der Waals surface area contributed by atoms with Crippen LogP contribution in [0.4, 0.5) is 0 Å². The number of hydrogen-bond acceptors (Lipinski definition) is 3. The Morgan fingerprint density at radius 1 is 1.28 bits per heavy atom. The van der Waals surface area contributed by atoms with Crippen LogP contribution in [0.5, 0.6) is 0 Å². The Kier molecular flexibility index (Phi) is 7.20. The molecule has 3 heteroatoms. The van der Waals surface area contributed by atoms with Crippen LogP contribution in [-0.2, 0) is 4.74 Å². The molecule has 1 aliphatic rings. The highest BCUT2D eigenvalue weighted by molar-refractivity contribution is 4.85. The van der Waals surface area contributed by atoms with Crippen molar-refractivity contribution in [3.63, 3.8) is 0 Å². The lowest BCUT2D eigenvalue weighted by Gasteiger charge is -2.33. The normalized spacial score (nSPS) is 23.0. The molecule has 1 unspecified atom stereocenters. The Balaban J connectivity index is 2.26. The van der Waals surface area contributed by atoms with Crippen molar-refractivity contribution in [2.45, 2.75) is 53.0 Å². The van der Waals surface area contributed by atoms with Gasteiger partial charge in [-0.15, -0.1) is 0 Å². The molecule has 1 N–H and O–H groups in total. The van der Waals surface area contributed by atoms with E-state index in [0.717, 1.165) is 32.8 Å². The van der Waals surface area contributed by atoms with E-state index in [1.807, 2.05) is 0 Å². The van der Waals surface area contributed by atoms with Crippen molar-refractivity contribution in [2.75, 3.05) is 39.4 Å². The summed E-state index contributed by atoms with van der Waals surface area (Å²) in [5.41, 5.74) is 0.339. The Bertz CT molecular complexity index is 213. The van der Waals surface area contributed by atoms with E-state index in [1.165, 1.54) is 25.8 Å². The van der Waals surface area contributed by atoms with Crippen molar-refractivity contribution in [2.24, 2.45) is 5.41 Å². The molecule has 0 aliphatic carbocycles. The zero-order valence-corrected chi connectivity index (χ0v) is 12.8. The fraction of sp³-hybridized carbons (Fsp3) is 1.00. The maximum Gasteiger partial charge on any atom is 0.0593 e. The molecule has 0 radical (unpaired) electrons. The van der Waals surface area contributed by atoms with Crippen LogP contribution in [-0.4, -0.2) is 50.3 Å². The molecule has 1 fully saturated rings. The lowest BCUT2D eigenvalue weighted by molar-refractivity contribution is 0.0949. The second-order valence-electron chi connectivity index (χ2n) is 6.49. The molecule has 1 saturated heterocycles. The Morgan fingerprint density at radius 3 is 2.72 bits per heavy atom. The predicted molar refractivity (Wildman–Crippen MR) is 78.0 cm³/mol. The molecule has 1 aliphatic heterocycles. The van der Waals surface area contributed by atoms with Crippen LogP contribution >= 0.6 is 0 Å². The number of ether oxygens (including phenoxy) is 1. The number of nitrogens with one attached hydrogen (secondary N) is 1. The maximum atomic E-state index is 5.68. The van der Waals surface area contributed by atoms with Crippen molar-refractivity contribution in [3.8, 4) is 0 Å². The van der Waals surface area contributed by atoms with Gasteiger partial charge in [-0.3, -0.25) is 4.90 Å². The fourth-order valence-corrected chi connectivity index (χ4v) is 2.32. The molecule has 0 aromatic carbocycles. The molecule has 0 saturated carbocycles. The first kappa shape index (κ1) is 15.9. The van der Waals surface area contributed by atoms with Crippen molar-refractivity contribution < 1.29 is 4.74 Å². The van der Waals surface area contributed by atoms with Crippen molar-refractivity contribution in [1.82, 2.24) is 10.2 Å². The SMILES string of the molecule is CCCCOCCN1CCCNC(C(C)(C)C)C1. The molecule has 0 aromatic rings.